The van der Waals surface area contributed by atoms with Gasteiger partial charge in [-0.25, -0.2) is 4.39 Å². The zero-order valence-corrected chi connectivity index (χ0v) is 22.4. The number of benzene rings is 1. The van der Waals surface area contributed by atoms with Gasteiger partial charge >= 0.3 is 0 Å². The number of carbonyl (C=O) groups excluding carboxylic acids is 2. The Bertz CT molecular complexity index is 1230. The Labute approximate surface area is 224 Å². The third-order valence-electron chi connectivity index (χ3n) is 6.67. The zero-order valence-electron chi connectivity index (χ0n) is 22.4. The molecule has 1 aromatic carbocycles. The van der Waals surface area contributed by atoms with E-state index in [4.69, 9.17) is 0 Å². The number of amides is 2. The number of nitrogens with zero attached hydrogens (tertiary/aromatic N) is 5. The third kappa shape index (κ3) is 7.01. The summed E-state index contributed by atoms with van der Waals surface area (Å²) in [5.74, 6) is -0.266. The molecule has 3 aromatic rings. The second-order valence-corrected chi connectivity index (χ2v) is 10.3. The molecule has 0 fully saturated rings. The maximum Gasteiger partial charge on any atom is 0.259 e. The molecule has 1 aliphatic heterocycles. The highest BCUT2D eigenvalue weighted by Gasteiger charge is 2.25. The molecule has 0 aliphatic carbocycles. The van der Waals surface area contributed by atoms with Crippen LogP contribution in [0.15, 0.2) is 61.1 Å². The number of hydrogen-bond donors (Lipinski definition) is 0. The molecule has 0 N–H and O–H groups in total. The molecule has 0 spiro atoms. The van der Waals surface area contributed by atoms with Crippen molar-refractivity contribution >= 4 is 17.5 Å². The molecule has 1 aliphatic rings. The van der Waals surface area contributed by atoms with E-state index in [9.17, 15) is 14.0 Å². The van der Waals surface area contributed by atoms with Crippen LogP contribution >= 0.6 is 0 Å². The van der Waals surface area contributed by atoms with Crippen LogP contribution in [0.2, 0.25) is 0 Å². The first-order valence-corrected chi connectivity index (χ1v) is 13.3. The molecule has 0 saturated heterocycles. The molecular weight excluding hydrogens is 481 g/mol. The van der Waals surface area contributed by atoms with Gasteiger partial charge in [0.1, 0.15) is 5.82 Å². The van der Waals surface area contributed by atoms with Gasteiger partial charge in [-0.1, -0.05) is 13.8 Å². The zero-order chi connectivity index (χ0) is 27.1. The van der Waals surface area contributed by atoms with Crippen LogP contribution in [0.3, 0.4) is 0 Å². The Morgan fingerprint density at radius 1 is 0.947 bits per heavy atom. The normalized spacial score (nSPS) is 15.5. The van der Waals surface area contributed by atoms with E-state index >= 15 is 0 Å². The quantitative estimate of drug-likeness (QED) is 0.489. The average Bonchev–Trinajstić information content (AvgIpc) is 2.90. The summed E-state index contributed by atoms with van der Waals surface area (Å²) in [6, 6.07) is 11.5. The SMILES string of the molecule is Cc1ccc(C(=O)N2CCCN(CC(C)C)CCCN(C(=O)c3cccnc3)c3ccc(F)cc3C2)cn1. The van der Waals surface area contributed by atoms with Crippen molar-refractivity contribution in [3.8, 4) is 0 Å². The molecule has 0 atom stereocenters. The Kier molecular flexibility index (Phi) is 9.18. The number of anilines is 1. The third-order valence-corrected chi connectivity index (χ3v) is 6.67. The van der Waals surface area contributed by atoms with Crippen LogP contribution in [0, 0.1) is 18.7 Å². The van der Waals surface area contributed by atoms with Gasteiger partial charge in [-0.15, -0.1) is 0 Å². The Balaban J connectivity index is 1.73. The summed E-state index contributed by atoms with van der Waals surface area (Å²) in [6.45, 7) is 10.0. The van der Waals surface area contributed by atoms with Crippen molar-refractivity contribution < 1.29 is 14.0 Å². The first-order chi connectivity index (χ1) is 18.3. The summed E-state index contributed by atoms with van der Waals surface area (Å²) >= 11 is 0. The molecule has 38 heavy (non-hydrogen) atoms. The number of rotatable bonds is 4. The van der Waals surface area contributed by atoms with Crippen LogP contribution in [-0.2, 0) is 6.54 Å². The van der Waals surface area contributed by atoms with Crippen LogP contribution in [0.1, 0.15) is 58.7 Å². The minimum atomic E-state index is -0.405. The minimum absolute atomic E-state index is 0.162. The first-order valence-electron chi connectivity index (χ1n) is 13.3. The molecule has 7 nitrogen and oxygen atoms in total. The van der Waals surface area contributed by atoms with E-state index in [1.165, 1.54) is 12.1 Å². The van der Waals surface area contributed by atoms with Crippen LogP contribution < -0.4 is 4.90 Å². The Morgan fingerprint density at radius 2 is 1.71 bits per heavy atom. The number of aromatic nitrogens is 2. The number of aryl methyl sites for hydroxylation is 1. The second-order valence-electron chi connectivity index (χ2n) is 10.3. The number of halogens is 1. The van der Waals surface area contributed by atoms with Gasteiger partial charge in [0, 0.05) is 56.2 Å². The molecule has 0 radical (unpaired) electrons. The van der Waals surface area contributed by atoms with Crippen molar-refractivity contribution in [3.05, 3.63) is 89.3 Å². The lowest BCUT2D eigenvalue weighted by Crippen LogP contribution is -2.39. The van der Waals surface area contributed by atoms with Crippen LogP contribution in [0.4, 0.5) is 10.1 Å². The van der Waals surface area contributed by atoms with Crippen molar-refractivity contribution in [1.29, 1.82) is 0 Å². The van der Waals surface area contributed by atoms with E-state index in [0.717, 1.165) is 38.2 Å². The molecule has 2 aromatic heterocycles. The van der Waals surface area contributed by atoms with Crippen LogP contribution in [0.25, 0.3) is 0 Å². The van der Waals surface area contributed by atoms with Gasteiger partial charge in [0.15, 0.2) is 0 Å². The van der Waals surface area contributed by atoms with E-state index < -0.39 is 5.82 Å². The molecule has 4 rings (SSSR count). The lowest BCUT2D eigenvalue weighted by molar-refractivity contribution is 0.0732. The van der Waals surface area contributed by atoms with Gasteiger partial charge in [-0.2, -0.15) is 0 Å². The van der Waals surface area contributed by atoms with Gasteiger partial charge in [-0.05, 0) is 86.8 Å². The van der Waals surface area contributed by atoms with Crippen molar-refractivity contribution in [1.82, 2.24) is 19.8 Å². The fourth-order valence-electron chi connectivity index (χ4n) is 4.90. The number of pyridine rings is 2. The highest BCUT2D eigenvalue weighted by Crippen LogP contribution is 2.27. The van der Waals surface area contributed by atoms with E-state index in [2.05, 4.69) is 28.7 Å². The molecule has 200 valence electrons. The summed E-state index contributed by atoms with van der Waals surface area (Å²) in [7, 11) is 0. The summed E-state index contributed by atoms with van der Waals surface area (Å²) in [5.41, 5.74) is 2.98. The lowest BCUT2D eigenvalue weighted by Gasteiger charge is -2.32. The average molecular weight is 518 g/mol. The minimum Gasteiger partial charge on any atom is -0.334 e. The predicted molar refractivity (Wildman–Crippen MR) is 147 cm³/mol. The molecule has 2 amide bonds. The Hall–Kier alpha value is -3.65. The molecule has 3 heterocycles. The van der Waals surface area contributed by atoms with E-state index in [1.807, 2.05) is 13.0 Å². The van der Waals surface area contributed by atoms with E-state index in [0.29, 0.717) is 41.4 Å². The van der Waals surface area contributed by atoms with Gasteiger partial charge in [0.2, 0.25) is 0 Å². The monoisotopic (exact) mass is 517 g/mol. The second kappa shape index (κ2) is 12.7. The smallest absolute Gasteiger partial charge is 0.259 e. The highest BCUT2D eigenvalue weighted by atomic mass is 19.1. The number of fused-ring (bicyclic) bond motifs is 1. The summed E-state index contributed by atoms with van der Waals surface area (Å²) < 4.78 is 14.5. The van der Waals surface area contributed by atoms with Crippen LogP contribution in [-0.4, -0.2) is 64.3 Å². The van der Waals surface area contributed by atoms with Crippen molar-refractivity contribution in [2.45, 2.75) is 40.2 Å². The molecule has 0 bridgehead atoms. The fourth-order valence-corrected chi connectivity index (χ4v) is 4.90. The highest BCUT2D eigenvalue weighted by molar-refractivity contribution is 6.06. The van der Waals surface area contributed by atoms with Gasteiger partial charge < -0.3 is 14.7 Å². The largest absolute Gasteiger partial charge is 0.334 e. The summed E-state index contributed by atoms with van der Waals surface area (Å²) in [4.78, 5) is 41.6. The fraction of sp³-hybridized carbons (Fsp3) is 0.400. The number of hydrogen-bond acceptors (Lipinski definition) is 5. The van der Waals surface area contributed by atoms with Gasteiger partial charge in [0.25, 0.3) is 11.8 Å². The maximum atomic E-state index is 14.5. The molecule has 0 saturated carbocycles. The summed E-state index contributed by atoms with van der Waals surface area (Å²) in [5, 5.41) is 0. The summed E-state index contributed by atoms with van der Waals surface area (Å²) in [6.07, 6.45) is 6.33. The number of carbonyl (C=O) groups is 2. The van der Waals surface area contributed by atoms with E-state index in [1.54, 1.807) is 52.7 Å². The maximum absolute atomic E-state index is 14.5. The lowest BCUT2D eigenvalue weighted by atomic mass is 10.1. The van der Waals surface area contributed by atoms with E-state index in [-0.39, 0.29) is 18.4 Å². The molecule has 8 heteroatoms. The molecular formula is C30H36FN5O2. The van der Waals surface area contributed by atoms with Crippen molar-refractivity contribution in [3.63, 3.8) is 0 Å². The first kappa shape index (κ1) is 27.4. The Morgan fingerprint density at radius 3 is 2.39 bits per heavy atom. The predicted octanol–water partition coefficient (Wildman–Crippen LogP) is 4.97. The van der Waals surface area contributed by atoms with Crippen LogP contribution in [0.5, 0.6) is 0 Å². The molecule has 0 unspecified atom stereocenters. The van der Waals surface area contributed by atoms with Gasteiger partial charge in [-0.3, -0.25) is 19.6 Å². The van der Waals surface area contributed by atoms with Crippen molar-refractivity contribution in [2.75, 3.05) is 37.6 Å². The topological polar surface area (TPSA) is 69.6 Å². The van der Waals surface area contributed by atoms with Gasteiger partial charge in [0.05, 0.1) is 11.1 Å². The standard InChI is InChI=1S/C30H36FN5O2/c1-22(2)20-34-13-5-15-35(29(37)25-9-8-23(3)33-19-25)21-26-17-27(31)10-11-28(26)36(16-6-14-34)30(38)24-7-4-12-32-18-24/h4,7-12,17-19,22H,5-6,13-16,20-21H2,1-3H3. The van der Waals surface area contributed by atoms with Crippen molar-refractivity contribution in [2.24, 2.45) is 5.92 Å².